The normalized spacial score (nSPS) is 16.3. The minimum atomic E-state index is -3.42. The zero-order chi connectivity index (χ0) is 18.7. The lowest BCUT2D eigenvalue weighted by atomic mass is 10.1. The lowest BCUT2D eigenvalue weighted by Crippen LogP contribution is -2.47. The topological polar surface area (TPSA) is 108 Å². The second kappa shape index (κ2) is 7.81. The highest BCUT2D eigenvalue weighted by Gasteiger charge is 2.32. The number of hydrogen-bond donors (Lipinski definition) is 2. The molecule has 10 heteroatoms. The third-order valence-corrected chi connectivity index (χ3v) is 6.76. The van der Waals surface area contributed by atoms with Crippen LogP contribution in [0.15, 0.2) is 24.3 Å². The summed E-state index contributed by atoms with van der Waals surface area (Å²) >= 11 is 5.97. The molecular weight excluding hydrogens is 376 g/mol. The summed E-state index contributed by atoms with van der Waals surface area (Å²) in [6.07, 6.45) is 1.44. The number of rotatable bonds is 6. The Hall–Kier alpha value is -1.84. The van der Waals surface area contributed by atoms with E-state index in [0.717, 1.165) is 12.8 Å². The largest absolute Gasteiger partial charge is 0.368 e. The summed E-state index contributed by atoms with van der Waals surface area (Å²) in [5, 5.41) is 7.23. The van der Waals surface area contributed by atoms with Gasteiger partial charge in [-0.1, -0.05) is 30.7 Å². The lowest BCUT2D eigenvalue weighted by Gasteiger charge is -2.37. The lowest BCUT2D eigenvalue weighted by molar-refractivity contribution is 0.282. The average molecular weight is 399 g/mol. The minimum Gasteiger partial charge on any atom is -0.368 e. The molecule has 0 atom stereocenters. The summed E-state index contributed by atoms with van der Waals surface area (Å²) in [6.45, 7) is 3.69. The number of hydrogen-bond acceptors (Lipinski definition) is 6. The highest BCUT2D eigenvalue weighted by atomic mass is 35.5. The van der Waals surface area contributed by atoms with Crippen LogP contribution in [0.3, 0.4) is 0 Å². The van der Waals surface area contributed by atoms with Crippen molar-refractivity contribution >= 4 is 33.5 Å². The summed E-state index contributed by atoms with van der Waals surface area (Å²) in [6, 6.07) is 6.96. The standard InChI is InChI=1S/C16H23ClN6O2S/c1-2-23(26(24,25)11-12-4-3-5-13(17)10-12)14-6-8-22(9-7-14)16-19-15(18)20-21-16/h3-5,10,14H,2,6-9,11H2,1H3,(H3,18,19,20,21). The molecule has 0 bridgehead atoms. The van der Waals surface area contributed by atoms with Gasteiger partial charge in [-0.25, -0.2) is 13.5 Å². The van der Waals surface area contributed by atoms with Gasteiger partial charge in [0.1, 0.15) is 0 Å². The predicted octanol–water partition coefficient (Wildman–Crippen LogP) is 1.86. The van der Waals surface area contributed by atoms with E-state index in [4.69, 9.17) is 17.3 Å². The van der Waals surface area contributed by atoms with Crippen molar-refractivity contribution < 1.29 is 8.42 Å². The van der Waals surface area contributed by atoms with Gasteiger partial charge in [-0.2, -0.15) is 9.29 Å². The Kier molecular flexibility index (Phi) is 5.69. The maximum absolute atomic E-state index is 12.9. The maximum atomic E-state index is 12.9. The quantitative estimate of drug-likeness (QED) is 0.768. The Balaban J connectivity index is 1.67. The Labute approximate surface area is 158 Å². The summed E-state index contributed by atoms with van der Waals surface area (Å²) in [7, 11) is -3.42. The molecule has 2 aromatic rings. The van der Waals surface area contributed by atoms with Crippen molar-refractivity contribution in [2.45, 2.75) is 31.6 Å². The number of nitrogens with one attached hydrogen (secondary N) is 1. The second-order valence-electron chi connectivity index (χ2n) is 6.33. The van der Waals surface area contributed by atoms with Gasteiger partial charge in [-0.3, -0.25) is 0 Å². The molecule has 1 aliphatic heterocycles. The van der Waals surface area contributed by atoms with Gasteiger partial charge in [0.25, 0.3) is 0 Å². The Morgan fingerprint density at radius 3 is 2.69 bits per heavy atom. The smallest absolute Gasteiger partial charge is 0.246 e. The fourth-order valence-corrected chi connectivity index (χ4v) is 5.40. The summed E-state index contributed by atoms with van der Waals surface area (Å²) in [5.74, 6) is 0.797. The van der Waals surface area contributed by atoms with E-state index in [1.165, 1.54) is 0 Å². The molecule has 0 radical (unpaired) electrons. The minimum absolute atomic E-state index is 0.0308. The highest BCUT2D eigenvalue weighted by molar-refractivity contribution is 7.88. The van der Waals surface area contributed by atoms with Crippen molar-refractivity contribution in [1.82, 2.24) is 19.5 Å². The molecule has 1 aromatic carbocycles. The number of piperidine rings is 1. The van der Waals surface area contributed by atoms with E-state index >= 15 is 0 Å². The molecule has 142 valence electrons. The van der Waals surface area contributed by atoms with Gasteiger partial charge >= 0.3 is 0 Å². The van der Waals surface area contributed by atoms with Gasteiger partial charge in [0.05, 0.1) is 5.75 Å². The van der Waals surface area contributed by atoms with Crippen molar-refractivity contribution in [2.75, 3.05) is 30.3 Å². The number of aromatic nitrogens is 3. The zero-order valence-electron chi connectivity index (χ0n) is 14.6. The van der Waals surface area contributed by atoms with E-state index < -0.39 is 10.0 Å². The van der Waals surface area contributed by atoms with Gasteiger partial charge in [-0.05, 0) is 30.5 Å². The molecule has 1 fully saturated rings. The van der Waals surface area contributed by atoms with Crippen LogP contribution < -0.4 is 10.6 Å². The van der Waals surface area contributed by atoms with E-state index in [1.54, 1.807) is 28.6 Å². The highest BCUT2D eigenvalue weighted by Crippen LogP contribution is 2.24. The van der Waals surface area contributed by atoms with Gasteiger partial charge in [-0.15, -0.1) is 5.10 Å². The van der Waals surface area contributed by atoms with Crippen LogP contribution in [0.25, 0.3) is 0 Å². The number of aromatic amines is 1. The number of benzene rings is 1. The molecule has 1 saturated heterocycles. The van der Waals surface area contributed by atoms with Crippen LogP contribution in [-0.4, -0.2) is 53.6 Å². The molecule has 1 aromatic heterocycles. The van der Waals surface area contributed by atoms with Gasteiger partial charge in [0.2, 0.25) is 21.9 Å². The van der Waals surface area contributed by atoms with Crippen molar-refractivity contribution in [3.63, 3.8) is 0 Å². The molecule has 3 rings (SSSR count). The van der Waals surface area contributed by atoms with E-state index in [1.807, 2.05) is 11.8 Å². The second-order valence-corrected chi connectivity index (χ2v) is 8.69. The van der Waals surface area contributed by atoms with Crippen LogP contribution in [0.2, 0.25) is 5.02 Å². The van der Waals surface area contributed by atoms with Crippen LogP contribution in [0.5, 0.6) is 0 Å². The molecular formula is C16H23ClN6O2S. The molecule has 0 spiro atoms. The van der Waals surface area contributed by atoms with Crippen molar-refractivity contribution in [2.24, 2.45) is 0 Å². The van der Waals surface area contributed by atoms with Gasteiger partial charge in [0, 0.05) is 30.7 Å². The van der Waals surface area contributed by atoms with Crippen molar-refractivity contribution in [1.29, 1.82) is 0 Å². The molecule has 0 amide bonds. The first kappa shape index (κ1) is 18.9. The third kappa shape index (κ3) is 4.28. The average Bonchev–Trinajstić information content (AvgIpc) is 3.02. The zero-order valence-corrected chi connectivity index (χ0v) is 16.2. The number of nitrogen functional groups attached to an aromatic ring is 1. The summed E-state index contributed by atoms with van der Waals surface area (Å²) < 4.78 is 27.4. The number of nitrogens with two attached hydrogens (primary N) is 1. The Morgan fingerprint density at radius 1 is 1.38 bits per heavy atom. The van der Waals surface area contributed by atoms with E-state index in [9.17, 15) is 8.42 Å². The summed E-state index contributed by atoms with van der Waals surface area (Å²) in [4.78, 5) is 6.14. The van der Waals surface area contributed by atoms with Crippen LogP contribution in [0, 0.1) is 0 Å². The molecule has 3 N–H and O–H groups in total. The number of sulfonamides is 1. The molecule has 1 aliphatic rings. The molecule has 8 nitrogen and oxygen atoms in total. The molecule has 0 saturated carbocycles. The van der Waals surface area contributed by atoms with E-state index in [2.05, 4.69) is 15.2 Å². The fourth-order valence-electron chi connectivity index (χ4n) is 3.36. The third-order valence-electron chi connectivity index (χ3n) is 4.55. The molecule has 0 aliphatic carbocycles. The van der Waals surface area contributed by atoms with Crippen molar-refractivity contribution in [3.8, 4) is 0 Å². The Morgan fingerprint density at radius 2 is 2.12 bits per heavy atom. The van der Waals surface area contributed by atoms with Crippen molar-refractivity contribution in [3.05, 3.63) is 34.9 Å². The van der Waals surface area contributed by atoms with Crippen LogP contribution in [0.1, 0.15) is 25.3 Å². The van der Waals surface area contributed by atoms with Crippen LogP contribution >= 0.6 is 11.6 Å². The number of nitrogens with zero attached hydrogens (tertiary/aromatic N) is 4. The predicted molar refractivity (Wildman–Crippen MR) is 102 cm³/mol. The first-order valence-corrected chi connectivity index (χ1v) is 10.5. The molecule has 2 heterocycles. The number of anilines is 2. The van der Waals surface area contributed by atoms with Gasteiger partial charge < -0.3 is 10.6 Å². The number of H-pyrrole nitrogens is 1. The van der Waals surface area contributed by atoms with Crippen LogP contribution in [-0.2, 0) is 15.8 Å². The van der Waals surface area contributed by atoms with Crippen LogP contribution in [0.4, 0.5) is 11.9 Å². The van der Waals surface area contributed by atoms with E-state index in [0.29, 0.717) is 36.2 Å². The van der Waals surface area contributed by atoms with E-state index in [-0.39, 0.29) is 17.7 Å². The molecule has 26 heavy (non-hydrogen) atoms. The monoisotopic (exact) mass is 398 g/mol. The fraction of sp³-hybridized carbons (Fsp3) is 0.500. The maximum Gasteiger partial charge on any atom is 0.246 e. The van der Waals surface area contributed by atoms with Gasteiger partial charge in [0.15, 0.2) is 0 Å². The first-order valence-electron chi connectivity index (χ1n) is 8.56. The number of halogens is 1. The SMILES string of the molecule is CCN(C1CCN(c2n[nH]c(N)n2)CC1)S(=O)(=O)Cc1cccc(Cl)c1. The first-order chi connectivity index (χ1) is 12.4. The Bertz CT molecular complexity index is 848. The summed E-state index contributed by atoms with van der Waals surface area (Å²) in [5.41, 5.74) is 6.27. The molecule has 0 unspecified atom stereocenters.